The molecule has 0 radical (unpaired) electrons. The van der Waals surface area contributed by atoms with E-state index in [1.54, 1.807) is 38.2 Å². The minimum absolute atomic E-state index is 0.128. The van der Waals surface area contributed by atoms with E-state index in [0.717, 1.165) is 5.56 Å². The highest BCUT2D eigenvalue weighted by atomic mass is 16.4. The van der Waals surface area contributed by atoms with E-state index in [1.165, 1.54) is 4.90 Å². The first-order valence-electron chi connectivity index (χ1n) is 6.15. The fraction of sp³-hybridized carbons (Fsp3) is 0.429. The number of benzene rings is 1. The Balaban J connectivity index is 2.47. The average molecular weight is 265 g/mol. The number of carboxylic acid groups (broad SMARTS) is 1. The second kappa shape index (κ2) is 6.78. The molecule has 5 nitrogen and oxygen atoms in total. The van der Waals surface area contributed by atoms with Gasteiger partial charge in [0.15, 0.2) is 0 Å². The Labute approximate surface area is 112 Å². The van der Waals surface area contributed by atoms with Crippen LogP contribution in [0.25, 0.3) is 0 Å². The van der Waals surface area contributed by atoms with E-state index in [4.69, 9.17) is 5.11 Å². The third kappa shape index (κ3) is 4.62. The van der Waals surface area contributed by atoms with Crippen molar-refractivity contribution in [2.75, 3.05) is 13.6 Å². The van der Waals surface area contributed by atoms with Crippen molar-refractivity contribution in [3.8, 4) is 5.75 Å². The van der Waals surface area contributed by atoms with E-state index in [2.05, 4.69) is 0 Å². The Morgan fingerprint density at radius 2 is 1.95 bits per heavy atom. The number of carboxylic acids is 1. The first-order chi connectivity index (χ1) is 8.91. The molecule has 1 aromatic rings. The van der Waals surface area contributed by atoms with Crippen molar-refractivity contribution in [1.82, 2.24) is 4.90 Å². The number of amides is 1. The number of nitrogens with zero attached hydrogens (tertiary/aromatic N) is 1. The molecule has 0 aliphatic carbocycles. The van der Waals surface area contributed by atoms with Gasteiger partial charge >= 0.3 is 5.97 Å². The lowest BCUT2D eigenvalue weighted by Crippen LogP contribution is -2.33. The number of aromatic hydroxyl groups is 1. The zero-order valence-corrected chi connectivity index (χ0v) is 11.2. The van der Waals surface area contributed by atoms with Crippen LogP contribution in [-0.4, -0.2) is 40.6 Å². The lowest BCUT2D eigenvalue weighted by Gasteiger charge is -2.19. The molecule has 19 heavy (non-hydrogen) atoms. The number of aryl methyl sites for hydroxylation is 1. The summed E-state index contributed by atoms with van der Waals surface area (Å²) in [4.78, 5) is 24.0. The van der Waals surface area contributed by atoms with Crippen LogP contribution in [0.3, 0.4) is 0 Å². The van der Waals surface area contributed by atoms with Crippen molar-refractivity contribution in [2.45, 2.75) is 19.8 Å². The molecule has 0 saturated heterocycles. The maximum Gasteiger partial charge on any atom is 0.308 e. The molecule has 0 heterocycles. The van der Waals surface area contributed by atoms with Crippen molar-refractivity contribution in [2.24, 2.45) is 5.92 Å². The van der Waals surface area contributed by atoms with E-state index < -0.39 is 11.9 Å². The van der Waals surface area contributed by atoms with Crippen LogP contribution in [0.15, 0.2) is 24.3 Å². The molecule has 0 aliphatic rings. The molecule has 0 aromatic heterocycles. The number of phenols is 1. The highest BCUT2D eigenvalue weighted by molar-refractivity contribution is 5.77. The predicted molar refractivity (Wildman–Crippen MR) is 70.9 cm³/mol. The molecule has 1 unspecified atom stereocenters. The Morgan fingerprint density at radius 3 is 2.53 bits per heavy atom. The average Bonchev–Trinajstić information content (AvgIpc) is 2.37. The minimum Gasteiger partial charge on any atom is -0.508 e. The van der Waals surface area contributed by atoms with Crippen molar-refractivity contribution < 1.29 is 19.8 Å². The van der Waals surface area contributed by atoms with Gasteiger partial charge in [-0.3, -0.25) is 9.59 Å². The fourth-order valence-corrected chi connectivity index (χ4v) is 1.75. The molecule has 0 aliphatic heterocycles. The van der Waals surface area contributed by atoms with E-state index in [9.17, 15) is 14.7 Å². The molecule has 2 N–H and O–H groups in total. The summed E-state index contributed by atoms with van der Waals surface area (Å²) in [6.07, 6.45) is 0.692. The van der Waals surface area contributed by atoms with Crippen LogP contribution >= 0.6 is 0 Å². The van der Waals surface area contributed by atoms with Gasteiger partial charge in [-0.2, -0.15) is 0 Å². The number of carbonyl (C=O) groups excluding carboxylic acids is 1. The molecule has 0 saturated carbocycles. The van der Waals surface area contributed by atoms with Crippen LogP contribution in [0.4, 0.5) is 0 Å². The van der Waals surface area contributed by atoms with Crippen molar-refractivity contribution in [3.05, 3.63) is 29.8 Å². The maximum atomic E-state index is 11.8. The predicted octanol–water partition coefficient (Wildman–Crippen LogP) is 1.50. The number of aliphatic carboxylic acids is 1. The van der Waals surface area contributed by atoms with Crippen LogP contribution in [0.5, 0.6) is 5.75 Å². The second-order valence-corrected chi connectivity index (χ2v) is 4.64. The second-order valence-electron chi connectivity index (χ2n) is 4.64. The van der Waals surface area contributed by atoms with Gasteiger partial charge in [-0.1, -0.05) is 25.1 Å². The summed E-state index contributed by atoms with van der Waals surface area (Å²) in [6, 6.07) is 6.87. The molecule has 1 atom stereocenters. The molecule has 0 spiro atoms. The fourth-order valence-electron chi connectivity index (χ4n) is 1.75. The summed E-state index contributed by atoms with van der Waals surface area (Å²) in [5.41, 5.74) is 0.718. The SMILES string of the molecule is CC(CN(C)C(=O)CCc1ccccc1O)C(=O)O. The highest BCUT2D eigenvalue weighted by Gasteiger charge is 2.17. The molecule has 1 rings (SSSR count). The van der Waals surface area contributed by atoms with Gasteiger partial charge in [-0.25, -0.2) is 0 Å². The number of hydrogen-bond donors (Lipinski definition) is 2. The number of phenolic OH excluding ortho intramolecular Hbond substituents is 1. The Kier molecular flexibility index (Phi) is 5.36. The first-order valence-corrected chi connectivity index (χ1v) is 6.15. The van der Waals surface area contributed by atoms with Crippen LogP contribution < -0.4 is 0 Å². The van der Waals surface area contributed by atoms with Crippen LogP contribution in [0.2, 0.25) is 0 Å². The van der Waals surface area contributed by atoms with Crippen LogP contribution in [-0.2, 0) is 16.0 Å². The maximum absolute atomic E-state index is 11.8. The van der Waals surface area contributed by atoms with Gasteiger partial charge in [0, 0.05) is 20.0 Å². The van der Waals surface area contributed by atoms with Gasteiger partial charge in [0.2, 0.25) is 5.91 Å². The number of para-hydroxylation sites is 1. The molecule has 104 valence electrons. The monoisotopic (exact) mass is 265 g/mol. The summed E-state index contributed by atoms with van der Waals surface area (Å²) in [5.74, 6) is -1.45. The summed E-state index contributed by atoms with van der Waals surface area (Å²) in [5, 5.41) is 18.4. The minimum atomic E-state index is -0.916. The van der Waals surface area contributed by atoms with Crippen LogP contribution in [0.1, 0.15) is 18.9 Å². The van der Waals surface area contributed by atoms with E-state index in [1.807, 2.05) is 0 Å². The zero-order chi connectivity index (χ0) is 14.4. The normalized spacial score (nSPS) is 11.9. The van der Waals surface area contributed by atoms with E-state index in [0.29, 0.717) is 6.42 Å². The van der Waals surface area contributed by atoms with Gasteiger partial charge in [-0.15, -0.1) is 0 Å². The number of rotatable bonds is 6. The molecular weight excluding hydrogens is 246 g/mol. The van der Waals surface area contributed by atoms with Crippen molar-refractivity contribution in [3.63, 3.8) is 0 Å². The molecule has 1 aromatic carbocycles. The third-order valence-electron chi connectivity index (χ3n) is 2.99. The van der Waals surface area contributed by atoms with Gasteiger partial charge < -0.3 is 15.1 Å². The molecule has 5 heteroatoms. The van der Waals surface area contributed by atoms with Crippen molar-refractivity contribution >= 4 is 11.9 Å². The quantitative estimate of drug-likeness (QED) is 0.817. The summed E-state index contributed by atoms with van der Waals surface area (Å²) in [7, 11) is 1.59. The van der Waals surface area contributed by atoms with Gasteiger partial charge in [0.25, 0.3) is 0 Å². The largest absolute Gasteiger partial charge is 0.508 e. The van der Waals surface area contributed by atoms with Crippen LogP contribution in [0, 0.1) is 5.92 Å². The van der Waals surface area contributed by atoms with Gasteiger partial charge in [0.1, 0.15) is 5.75 Å². The van der Waals surface area contributed by atoms with E-state index >= 15 is 0 Å². The lowest BCUT2D eigenvalue weighted by molar-refractivity contribution is -0.142. The summed E-state index contributed by atoms with van der Waals surface area (Å²) in [6.45, 7) is 1.75. The molecule has 1 amide bonds. The van der Waals surface area contributed by atoms with E-state index in [-0.39, 0.29) is 24.6 Å². The summed E-state index contributed by atoms with van der Waals surface area (Å²) < 4.78 is 0. The number of carbonyl (C=O) groups is 2. The molecular formula is C14H19NO4. The number of hydrogen-bond acceptors (Lipinski definition) is 3. The smallest absolute Gasteiger partial charge is 0.308 e. The third-order valence-corrected chi connectivity index (χ3v) is 2.99. The Bertz CT molecular complexity index is 459. The first kappa shape index (κ1) is 15.0. The Morgan fingerprint density at radius 1 is 1.32 bits per heavy atom. The molecule has 0 fully saturated rings. The van der Waals surface area contributed by atoms with Gasteiger partial charge in [-0.05, 0) is 18.1 Å². The zero-order valence-electron chi connectivity index (χ0n) is 11.2. The highest BCUT2D eigenvalue weighted by Crippen LogP contribution is 2.17. The van der Waals surface area contributed by atoms with Gasteiger partial charge in [0.05, 0.1) is 5.92 Å². The molecule has 0 bridgehead atoms. The standard InChI is InChI=1S/C14H19NO4/c1-10(14(18)19)9-15(2)13(17)8-7-11-5-3-4-6-12(11)16/h3-6,10,16H,7-9H2,1-2H3,(H,18,19). The Hall–Kier alpha value is -2.04. The summed E-state index contributed by atoms with van der Waals surface area (Å²) >= 11 is 0. The van der Waals surface area contributed by atoms with Crippen molar-refractivity contribution in [1.29, 1.82) is 0 Å². The lowest BCUT2D eigenvalue weighted by atomic mass is 10.1. The topological polar surface area (TPSA) is 77.8 Å².